The maximum absolute atomic E-state index is 12.2. The van der Waals surface area contributed by atoms with Gasteiger partial charge in [-0.1, -0.05) is 26.0 Å². The van der Waals surface area contributed by atoms with Gasteiger partial charge in [0.1, 0.15) is 5.75 Å². The van der Waals surface area contributed by atoms with Gasteiger partial charge in [-0.25, -0.2) is 0 Å². The summed E-state index contributed by atoms with van der Waals surface area (Å²) in [6.07, 6.45) is -4.64. The number of piperidine rings is 1. The molecule has 2 fully saturated rings. The number of hydrogen-bond donors (Lipinski definition) is 1. The van der Waals surface area contributed by atoms with Gasteiger partial charge in [0, 0.05) is 26.2 Å². The number of likely N-dealkylation sites (tertiary alicyclic amines) is 1. The standard InChI is InChI=1S/C18H25F3N2O/c1-12(2)9-23-10-16-15(17(16)11-23)8-22-7-13-4-3-5-14(6-13)24-18(19,20)21/h3-6,12,15-17,22H,7-11H2,1-2H3. The number of hydrogen-bond acceptors (Lipinski definition) is 3. The Hall–Kier alpha value is -1.27. The monoisotopic (exact) mass is 342 g/mol. The van der Waals surface area contributed by atoms with Crippen LogP contribution in [-0.4, -0.2) is 37.4 Å². The van der Waals surface area contributed by atoms with E-state index in [1.807, 2.05) is 6.07 Å². The molecule has 3 rings (SSSR count). The summed E-state index contributed by atoms with van der Waals surface area (Å²) >= 11 is 0. The Bertz CT molecular complexity index is 549. The molecule has 2 unspecified atom stereocenters. The molecule has 1 saturated carbocycles. The second kappa shape index (κ2) is 6.92. The van der Waals surface area contributed by atoms with E-state index in [4.69, 9.17) is 0 Å². The zero-order valence-corrected chi connectivity index (χ0v) is 14.1. The van der Waals surface area contributed by atoms with E-state index < -0.39 is 6.36 Å². The molecule has 1 aliphatic heterocycles. The van der Waals surface area contributed by atoms with Gasteiger partial charge in [-0.05, 0) is 47.9 Å². The van der Waals surface area contributed by atoms with Crippen molar-refractivity contribution >= 4 is 0 Å². The van der Waals surface area contributed by atoms with Crippen LogP contribution in [0.3, 0.4) is 0 Å². The summed E-state index contributed by atoms with van der Waals surface area (Å²) in [5, 5.41) is 3.38. The van der Waals surface area contributed by atoms with Crippen molar-refractivity contribution in [1.82, 2.24) is 10.2 Å². The van der Waals surface area contributed by atoms with Gasteiger partial charge in [-0.15, -0.1) is 13.2 Å². The maximum Gasteiger partial charge on any atom is 0.573 e. The number of nitrogens with zero attached hydrogens (tertiary/aromatic N) is 1. The number of ether oxygens (including phenoxy) is 1. The van der Waals surface area contributed by atoms with E-state index in [1.165, 1.54) is 31.8 Å². The Kier molecular flexibility index (Phi) is 5.06. The van der Waals surface area contributed by atoms with Crippen LogP contribution in [0.5, 0.6) is 5.75 Å². The average Bonchev–Trinajstić information content (AvgIpc) is 2.90. The largest absolute Gasteiger partial charge is 0.573 e. The highest BCUT2D eigenvalue weighted by molar-refractivity contribution is 5.28. The van der Waals surface area contributed by atoms with Gasteiger partial charge in [-0.2, -0.15) is 0 Å². The lowest BCUT2D eigenvalue weighted by molar-refractivity contribution is -0.274. The molecule has 1 saturated heterocycles. The molecule has 0 radical (unpaired) electrons. The first kappa shape index (κ1) is 17.5. The molecule has 134 valence electrons. The van der Waals surface area contributed by atoms with Crippen LogP contribution < -0.4 is 10.1 Å². The summed E-state index contributed by atoms with van der Waals surface area (Å²) in [4.78, 5) is 2.55. The highest BCUT2D eigenvalue weighted by Gasteiger charge is 2.54. The SMILES string of the molecule is CC(C)CN1CC2C(CNCc3cccc(OC(F)(F)F)c3)C2C1. The molecular formula is C18H25F3N2O. The van der Waals surface area contributed by atoms with Gasteiger partial charge in [0.25, 0.3) is 0 Å². The van der Waals surface area contributed by atoms with Crippen LogP contribution in [0.2, 0.25) is 0 Å². The molecule has 0 aromatic heterocycles. The van der Waals surface area contributed by atoms with Crippen molar-refractivity contribution in [3.8, 4) is 5.75 Å². The fourth-order valence-corrected chi connectivity index (χ4v) is 3.94. The summed E-state index contributed by atoms with van der Waals surface area (Å²) in [7, 11) is 0. The van der Waals surface area contributed by atoms with Crippen LogP contribution in [0.15, 0.2) is 24.3 Å². The highest BCUT2D eigenvalue weighted by atomic mass is 19.4. The lowest BCUT2D eigenvalue weighted by Crippen LogP contribution is -2.30. The summed E-state index contributed by atoms with van der Waals surface area (Å²) in [5.74, 6) is 2.88. The highest BCUT2D eigenvalue weighted by Crippen LogP contribution is 2.51. The number of nitrogens with one attached hydrogen (secondary N) is 1. The van der Waals surface area contributed by atoms with Crippen LogP contribution in [-0.2, 0) is 6.54 Å². The number of benzene rings is 1. The van der Waals surface area contributed by atoms with Crippen LogP contribution in [0.4, 0.5) is 13.2 Å². The first-order valence-electron chi connectivity index (χ1n) is 8.59. The van der Waals surface area contributed by atoms with E-state index >= 15 is 0 Å². The molecule has 0 spiro atoms. The molecule has 2 aliphatic rings. The first-order chi connectivity index (χ1) is 11.3. The van der Waals surface area contributed by atoms with Gasteiger partial charge in [0.2, 0.25) is 0 Å². The molecule has 0 amide bonds. The summed E-state index contributed by atoms with van der Waals surface area (Å²) in [5.41, 5.74) is 0.809. The van der Waals surface area contributed by atoms with Gasteiger partial charge in [-0.3, -0.25) is 0 Å². The van der Waals surface area contributed by atoms with Gasteiger partial charge in [0.05, 0.1) is 0 Å². The van der Waals surface area contributed by atoms with E-state index in [-0.39, 0.29) is 5.75 Å². The van der Waals surface area contributed by atoms with Crippen LogP contribution in [0, 0.1) is 23.7 Å². The Morgan fingerprint density at radius 2 is 1.96 bits per heavy atom. The molecule has 6 heteroatoms. The second-order valence-corrected chi connectivity index (χ2v) is 7.43. The normalized spacial score (nSPS) is 26.7. The number of fused-ring (bicyclic) bond motifs is 1. The first-order valence-corrected chi connectivity index (χ1v) is 8.59. The lowest BCUT2D eigenvalue weighted by Gasteiger charge is -2.21. The fraction of sp³-hybridized carbons (Fsp3) is 0.667. The molecule has 24 heavy (non-hydrogen) atoms. The summed E-state index contributed by atoms with van der Waals surface area (Å²) < 4.78 is 40.7. The Morgan fingerprint density at radius 3 is 2.58 bits per heavy atom. The average molecular weight is 342 g/mol. The van der Waals surface area contributed by atoms with Gasteiger partial charge >= 0.3 is 6.36 Å². The third kappa shape index (κ3) is 4.63. The van der Waals surface area contributed by atoms with Gasteiger partial charge in [0.15, 0.2) is 0 Å². The van der Waals surface area contributed by atoms with Crippen molar-refractivity contribution in [2.75, 3.05) is 26.2 Å². The van der Waals surface area contributed by atoms with Crippen molar-refractivity contribution in [2.24, 2.45) is 23.7 Å². The van der Waals surface area contributed by atoms with Crippen LogP contribution in [0.1, 0.15) is 19.4 Å². The predicted octanol–water partition coefficient (Wildman–Crippen LogP) is 3.51. The lowest BCUT2D eigenvalue weighted by atomic mass is 10.2. The van der Waals surface area contributed by atoms with E-state index in [2.05, 4.69) is 28.8 Å². The van der Waals surface area contributed by atoms with Crippen molar-refractivity contribution < 1.29 is 17.9 Å². The zero-order valence-electron chi connectivity index (χ0n) is 14.1. The number of halogens is 3. The molecular weight excluding hydrogens is 317 g/mol. The van der Waals surface area contributed by atoms with Crippen molar-refractivity contribution in [1.29, 1.82) is 0 Å². The van der Waals surface area contributed by atoms with Crippen LogP contribution >= 0.6 is 0 Å². The van der Waals surface area contributed by atoms with E-state index in [9.17, 15) is 13.2 Å². The topological polar surface area (TPSA) is 24.5 Å². The van der Waals surface area contributed by atoms with E-state index in [0.717, 1.165) is 29.9 Å². The maximum atomic E-state index is 12.2. The molecule has 1 heterocycles. The van der Waals surface area contributed by atoms with Crippen molar-refractivity contribution in [3.63, 3.8) is 0 Å². The Morgan fingerprint density at radius 1 is 1.25 bits per heavy atom. The van der Waals surface area contributed by atoms with E-state index in [0.29, 0.717) is 12.5 Å². The second-order valence-electron chi connectivity index (χ2n) is 7.43. The third-order valence-corrected chi connectivity index (χ3v) is 4.91. The molecule has 0 bridgehead atoms. The molecule has 1 N–H and O–H groups in total. The van der Waals surface area contributed by atoms with Gasteiger partial charge < -0.3 is 15.0 Å². The molecule has 3 nitrogen and oxygen atoms in total. The van der Waals surface area contributed by atoms with E-state index in [1.54, 1.807) is 6.07 Å². The minimum absolute atomic E-state index is 0.158. The summed E-state index contributed by atoms with van der Waals surface area (Å²) in [6, 6.07) is 6.17. The Labute approximate surface area is 141 Å². The number of rotatable bonds is 7. The summed E-state index contributed by atoms with van der Waals surface area (Å²) in [6.45, 7) is 9.59. The molecule has 1 aromatic rings. The molecule has 2 atom stereocenters. The fourth-order valence-electron chi connectivity index (χ4n) is 3.94. The Balaban J connectivity index is 1.39. The minimum Gasteiger partial charge on any atom is -0.406 e. The smallest absolute Gasteiger partial charge is 0.406 e. The van der Waals surface area contributed by atoms with Crippen molar-refractivity contribution in [2.45, 2.75) is 26.8 Å². The van der Waals surface area contributed by atoms with Crippen LogP contribution in [0.25, 0.3) is 0 Å². The third-order valence-electron chi connectivity index (χ3n) is 4.91. The van der Waals surface area contributed by atoms with Crippen molar-refractivity contribution in [3.05, 3.63) is 29.8 Å². The predicted molar refractivity (Wildman–Crippen MR) is 86.6 cm³/mol. The quantitative estimate of drug-likeness (QED) is 0.821. The molecule has 1 aliphatic carbocycles. The minimum atomic E-state index is -4.64. The molecule has 1 aromatic carbocycles. The zero-order chi connectivity index (χ0) is 17.3. The number of alkyl halides is 3.